The van der Waals surface area contributed by atoms with Gasteiger partial charge in [-0.3, -0.25) is 4.79 Å². The summed E-state index contributed by atoms with van der Waals surface area (Å²) in [7, 11) is 0. The summed E-state index contributed by atoms with van der Waals surface area (Å²) < 4.78 is 99.3. The Balaban J connectivity index is 1.66. The molecule has 0 spiro atoms. The van der Waals surface area contributed by atoms with Gasteiger partial charge in [-0.2, -0.15) is 26.3 Å². The SMILES string of the molecule is O=C(Cc1ccc(C(F)(F)F)cc1C(F)(F)F)N(Cc1nnc(-c2ncc(Br)cn2)o1)c1ccc(F)cc1. The van der Waals surface area contributed by atoms with Crippen LogP contribution in [0.2, 0.25) is 0 Å². The third kappa shape index (κ3) is 6.33. The van der Waals surface area contributed by atoms with Gasteiger partial charge in [0.1, 0.15) is 12.4 Å². The fourth-order valence-corrected chi connectivity index (χ4v) is 3.54. The molecule has 1 amide bonds. The average molecular weight is 604 g/mol. The summed E-state index contributed by atoms with van der Waals surface area (Å²) >= 11 is 3.17. The Morgan fingerprint density at radius 1 is 0.921 bits per heavy atom. The molecule has 0 bridgehead atoms. The van der Waals surface area contributed by atoms with Crippen molar-refractivity contribution in [3.8, 4) is 11.7 Å². The highest BCUT2D eigenvalue weighted by atomic mass is 79.9. The Labute approximate surface area is 217 Å². The number of halogens is 8. The summed E-state index contributed by atoms with van der Waals surface area (Å²) in [6, 6.07) is 5.44. The summed E-state index contributed by atoms with van der Waals surface area (Å²) in [6.07, 6.45) is -8.27. The second kappa shape index (κ2) is 10.5. The predicted octanol–water partition coefficient (Wildman–Crippen LogP) is 6.24. The number of aromatic nitrogens is 4. The summed E-state index contributed by atoms with van der Waals surface area (Å²) in [5.41, 5.74) is -3.73. The number of alkyl halides is 6. The van der Waals surface area contributed by atoms with E-state index in [0.29, 0.717) is 16.6 Å². The van der Waals surface area contributed by atoms with Crippen molar-refractivity contribution in [2.45, 2.75) is 25.3 Å². The molecule has 2 heterocycles. The molecule has 0 unspecified atom stereocenters. The van der Waals surface area contributed by atoms with E-state index >= 15 is 0 Å². The molecule has 7 nitrogen and oxygen atoms in total. The molecule has 38 heavy (non-hydrogen) atoms. The van der Waals surface area contributed by atoms with Gasteiger partial charge in [0, 0.05) is 18.1 Å². The molecule has 0 aliphatic rings. The van der Waals surface area contributed by atoms with Crippen molar-refractivity contribution in [2.24, 2.45) is 0 Å². The van der Waals surface area contributed by atoms with Crippen LogP contribution < -0.4 is 4.90 Å². The predicted molar refractivity (Wildman–Crippen MR) is 121 cm³/mol. The summed E-state index contributed by atoms with van der Waals surface area (Å²) in [6.45, 7) is -0.448. The number of carbonyl (C=O) groups excluding carboxylic acids is 1. The van der Waals surface area contributed by atoms with Crippen molar-refractivity contribution in [3.05, 3.63) is 87.7 Å². The standard InChI is InChI=1S/C23H13BrF7N5O2/c24-14-9-32-20(33-10-14)21-35-34-18(38-21)11-36(16-5-3-15(25)4-6-16)19(37)7-12-1-2-13(22(26,27)28)8-17(12)23(29,30)31/h1-6,8-10H,7,11H2. The maximum atomic E-state index is 13.6. The van der Waals surface area contributed by atoms with E-state index in [1.165, 1.54) is 24.5 Å². The largest absolute Gasteiger partial charge is 0.416 e. The minimum absolute atomic E-state index is 0.0483. The van der Waals surface area contributed by atoms with Gasteiger partial charge < -0.3 is 9.32 Å². The highest BCUT2D eigenvalue weighted by molar-refractivity contribution is 9.10. The number of carbonyl (C=O) groups is 1. The van der Waals surface area contributed by atoms with Gasteiger partial charge in [0.15, 0.2) is 0 Å². The molecule has 0 saturated carbocycles. The number of amides is 1. The zero-order chi connectivity index (χ0) is 27.7. The van der Waals surface area contributed by atoms with Crippen LogP contribution in [0.3, 0.4) is 0 Å². The van der Waals surface area contributed by atoms with E-state index in [0.717, 1.165) is 17.0 Å². The van der Waals surface area contributed by atoms with Crippen molar-refractivity contribution in [3.63, 3.8) is 0 Å². The second-order valence-electron chi connectivity index (χ2n) is 7.73. The van der Waals surface area contributed by atoms with Crippen molar-refractivity contribution in [2.75, 3.05) is 4.90 Å². The summed E-state index contributed by atoms with van der Waals surface area (Å²) in [5, 5.41) is 7.59. The second-order valence-corrected chi connectivity index (χ2v) is 8.64. The summed E-state index contributed by atoms with van der Waals surface area (Å²) in [5.74, 6) is -1.81. The average Bonchev–Trinajstić information content (AvgIpc) is 3.31. The van der Waals surface area contributed by atoms with Crippen LogP contribution in [0, 0.1) is 5.82 Å². The first-order valence-electron chi connectivity index (χ1n) is 10.4. The third-order valence-corrected chi connectivity index (χ3v) is 5.50. The quantitative estimate of drug-likeness (QED) is 0.243. The first kappa shape index (κ1) is 27.2. The zero-order valence-corrected chi connectivity index (χ0v) is 20.3. The molecule has 198 valence electrons. The number of hydrogen-bond donors (Lipinski definition) is 0. The van der Waals surface area contributed by atoms with Crippen molar-refractivity contribution in [1.82, 2.24) is 20.2 Å². The van der Waals surface area contributed by atoms with Gasteiger partial charge in [-0.05, 0) is 57.9 Å². The molecule has 0 aliphatic heterocycles. The molecule has 2 aromatic heterocycles. The Morgan fingerprint density at radius 2 is 1.58 bits per heavy atom. The molecule has 2 aromatic carbocycles. The lowest BCUT2D eigenvalue weighted by molar-refractivity contribution is -0.143. The van der Waals surface area contributed by atoms with Gasteiger partial charge in [-0.1, -0.05) is 6.07 Å². The summed E-state index contributed by atoms with van der Waals surface area (Å²) in [4.78, 5) is 22.1. The highest BCUT2D eigenvalue weighted by Crippen LogP contribution is 2.37. The first-order chi connectivity index (χ1) is 17.8. The van der Waals surface area contributed by atoms with Crippen LogP contribution in [0.5, 0.6) is 0 Å². The van der Waals surface area contributed by atoms with Gasteiger partial charge in [-0.25, -0.2) is 14.4 Å². The van der Waals surface area contributed by atoms with Crippen LogP contribution in [-0.2, 0) is 30.1 Å². The molecule has 0 atom stereocenters. The Bertz CT molecular complexity index is 1440. The monoisotopic (exact) mass is 603 g/mol. The molecular formula is C23H13BrF7N5O2. The number of benzene rings is 2. The van der Waals surface area contributed by atoms with E-state index in [2.05, 4.69) is 36.1 Å². The van der Waals surface area contributed by atoms with Crippen LogP contribution in [0.4, 0.5) is 36.4 Å². The fraction of sp³-hybridized carbons (Fsp3) is 0.174. The van der Waals surface area contributed by atoms with Gasteiger partial charge in [0.05, 0.1) is 22.0 Å². The number of nitrogens with zero attached hydrogens (tertiary/aromatic N) is 5. The molecular weight excluding hydrogens is 591 g/mol. The maximum Gasteiger partial charge on any atom is 0.416 e. The lowest BCUT2D eigenvalue weighted by Crippen LogP contribution is -2.32. The third-order valence-electron chi connectivity index (χ3n) is 5.10. The topological polar surface area (TPSA) is 85.0 Å². The van der Waals surface area contributed by atoms with Gasteiger partial charge in [0.2, 0.25) is 17.6 Å². The minimum atomic E-state index is -5.16. The molecule has 4 aromatic rings. The zero-order valence-electron chi connectivity index (χ0n) is 18.7. The molecule has 0 aliphatic carbocycles. The van der Waals surface area contributed by atoms with Gasteiger partial charge in [0.25, 0.3) is 5.89 Å². The lowest BCUT2D eigenvalue weighted by Gasteiger charge is -2.23. The number of hydrogen-bond acceptors (Lipinski definition) is 6. The van der Waals surface area contributed by atoms with Crippen molar-refractivity contribution >= 4 is 27.5 Å². The number of anilines is 1. The van der Waals surface area contributed by atoms with Gasteiger partial charge >= 0.3 is 12.4 Å². The Hall–Kier alpha value is -3.88. The van der Waals surface area contributed by atoms with Crippen molar-refractivity contribution in [1.29, 1.82) is 0 Å². The molecule has 0 fully saturated rings. The van der Waals surface area contributed by atoms with E-state index in [-0.39, 0.29) is 29.4 Å². The van der Waals surface area contributed by atoms with Crippen LogP contribution in [0.25, 0.3) is 11.7 Å². The molecule has 15 heteroatoms. The van der Waals surface area contributed by atoms with E-state index in [1.54, 1.807) is 0 Å². The lowest BCUT2D eigenvalue weighted by atomic mass is 10.00. The van der Waals surface area contributed by atoms with E-state index in [4.69, 9.17) is 4.42 Å². The molecule has 0 saturated heterocycles. The molecule has 4 rings (SSSR count). The Kier molecular flexibility index (Phi) is 7.49. The maximum absolute atomic E-state index is 13.6. The van der Waals surface area contributed by atoms with E-state index < -0.39 is 53.7 Å². The first-order valence-corrected chi connectivity index (χ1v) is 11.2. The van der Waals surface area contributed by atoms with Crippen LogP contribution in [-0.4, -0.2) is 26.1 Å². The smallest absolute Gasteiger partial charge is 0.416 e. The van der Waals surface area contributed by atoms with E-state index in [1.807, 2.05) is 0 Å². The highest BCUT2D eigenvalue weighted by Gasteiger charge is 2.38. The van der Waals surface area contributed by atoms with Crippen LogP contribution in [0.15, 0.2) is 63.7 Å². The van der Waals surface area contributed by atoms with Gasteiger partial charge in [-0.15, -0.1) is 10.2 Å². The Morgan fingerprint density at radius 3 is 2.18 bits per heavy atom. The fourth-order valence-electron chi connectivity index (χ4n) is 3.34. The number of rotatable bonds is 6. The van der Waals surface area contributed by atoms with Crippen LogP contribution in [0.1, 0.15) is 22.6 Å². The molecule has 0 N–H and O–H groups in total. The molecule has 0 radical (unpaired) electrons. The van der Waals surface area contributed by atoms with Crippen LogP contribution >= 0.6 is 15.9 Å². The minimum Gasteiger partial charge on any atom is -0.416 e. The van der Waals surface area contributed by atoms with Crippen molar-refractivity contribution < 1.29 is 39.9 Å². The van der Waals surface area contributed by atoms with E-state index in [9.17, 15) is 35.5 Å². The normalized spacial score (nSPS) is 12.0.